The standard InChI is InChI=1S/C19H25ClN4O2Si/c1-12-16(14-9-15(26-23-14)13-5-6-13)17-18(20)21-10-22-19(17)24(12)11-25-7-8-27(2,3)4/h9-10,13H,5-8,11H2,1-4H3. The molecule has 3 aromatic rings. The van der Waals surface area contributed by atoms with Gasteiger partial charge in [0.25, 0.3) is 0 Å². The first kappa shape index (κ1) is 18.7. The molecule has 144 valence electrons. The summed E-state index contributed by atoms with van der Waals surface area (Å²) in [7, 11) is -1.12. The molecule has 0 aromatic carbocycles. The van der Waals surface area contributed by atoms with Crippen molar-refractivity contribution in [1.29, 1.82) is 0 Å². The van der Waals surface area contributed by atoms with Crippen molar-refractivity contribution >= 4 is 30.7 Å². The van der Waals surface area contributed by atoms with Gasteiger partial charge in [0, 0.05) is 37.9 Å². The first-order valence-corrected chi connectivity index (χ1v) is 13.5. The van der Waals surface area contributed by atoms with Crippen LogP contribution in [0.2, 0.25) is 30.8 Å². The molecular weight excluding hydrogens is 380 g/mol. The van der Waals surface area contributed by atoms with Crippen molar-refractivity contribution in [3.05, 3.63) is 29.0 Å². The molecule has 27 heavy (non-hydrogen) atoms. The van der Waals surface area contributed by atoms with Gasteiger partial charge in [-0.1, -0.05) is 36.4 Å². The molecule has 1 aliphatic rings. The van der Waals surface area contributed by atoms with E-state index in [1.165, 1.54) is 19.2 Å². The van der Waals surface area contributed by atoms with Crippen LogP contribution in [0, 0.1) is 6.92 Å². The summed E-state index contributed by atoms with van der Waals surface area (Å²) in [6.07, 6.45) is 3.83. The van der Waals surface area contributed by atoms with Crippen molar-refractivity contribution in [2.24, 2.45) is 0 Å². The van der Waals surface area contributed by atoms with Crippen molar-refractivity contribution in [3.8, 4) is 11.3 Å². The minimum atomic E-state index is -1.12. The van der Waals surface area contributed by atoms with Crippen molar-refractivity contribution in [2.75, 3.05) is 6.61 Å². The Balaban J connectivity index is 1.69. The number of fused-ring (bicyclic) bond motifs is 1. The lowest BCUT2D eigenvalue weighted by molar-refractivity contribution is 0.0887. The Hall–Kier alpha value is -1.70. The van der Waals surface area contributed by atoms with Gasteiger partial charge < -0.3 is 13.8 Å². The highest BCUT2D eigenvalue weighted by Gasteiger charge is 2.29. The Morgan fingerprint density at radius 1 is 1.30 bits per heavy atom. The monoisotopic (exact) mass is 404 g/mol. The lowest BCUT2D eigenvalue weighted by Crippen LogP contribution is -2.22. The van der Waals surface area contributed by atoms with Crippen molar-refractivity contribution in [1.82, 2.24) is 19.7 Å². The molecule has 1 saturated carbocycles. The van der Waals surface area contributed by atoms with Gasteiger partial charge in [0.05, 0.1) is 5.39 Å². The molecule has 3 heterocycles. The van der Waals surface area contributed by atoms with Crippen LogP contribution in [-0.4, -0.2) is 34.4 Å². The molecule has 0 amide bonds. The fraction of sp³-hybridized carbons (Fsp3) is 0.526. The quantitative estimate of drug-likeness (QED) is 0.306. The molecular formula is C19H25ClN4O2Si. The van der Waals surface area contributed by atoms with E-state index >= 15 is 0 Å². The van der Waals surface area contributed by atoms with Gasteiger partial charge in [-0.3, -0.25) is 0 Å². The third-order valence-electron chi connectivity index (χ3n) is 5.03. The van der Waals surface area contributed by atoms with Gasteiger partial charge in [0.15, 0.2) is 0 Å². The van der Waals surface area contributed by atoms with E-state index in [0.717, 1.165) is 46.4 Å². The molecule has 0 radical (unpaired) electrons. The second-order valence-corrected chi connectivity index (χ2v) is 14.5. The summed E-state index contributed by atoms with van der Waals surface area (Å²) >= 11 is 6.44. The van der Waals surface area contributed by atoms with Crippen molar-refractivity contribution < 1.29 is 9.26 Å². The number of hydrogen-bond donors (Lipinski definition) is 0. The maximum absolute atomic E-state index is 6.44. The SMILES string of the molecule is Cc1c(-c2cc(C3CC3)on2)c2c(Cl)ncnc2n1COCC[Si](C)(C)C. The van der Waals surface area contributed by atoms with Crippen molar-refractivity contribution in [2.45, 2.75) is 58.1 Å². The summed E-state index contributed by atoms with van der Waals surface area (Å²) in [4.78, 5) is 8.65. The Labute approximate surface area is 164 Å². The topological polar surface area (TPSA) is 66.0 Å². The van der Waals surface area contributed by atoms with Crippen molar-refractivity contribution in [3.63, 3.8) is 0 Å². The lowest BCUT2D eigenvalue weighted by atomic mass is 10.1. The summed E-state index contributed by atoms with van der Waals surface area (Å²) in [6.45, 7) is 10.3. The van der Waals surface area contributed by atoms with E-state index < -0.39 is 8.07 Å². The van der Waals surface area contributed by atoms with Crippen LogP contribution >= 0.6 is 11.6 Å². The van der Waals surface area contributed by atoms with Crippen LogP contribution in [0.15, 0.2) is 16.9 Å². The van der Waals surface area contributed by atoms with Gasteiger partial charge in [-0.15, -0.1) is 0 Å². The molecule has 8 heteroatoms. The number of aromatic nitrogens is 4. The summed E-state index contributed by atoms with van der Waals surface area (Å²) in [5.41, 5.74) is 3.50. The maximum atomic E-state index is 6.44. The molecule has 0 aliphatic heterocycles. The van der Waals surface area contributed by atoms with E-state index in [0.29, 0.717) is 17.8 Å². The molecule has 6 nitrogen and oxygen atoms in total. The highest BCUT2D eigenvalue weighted by molar-refractivity contribution is 6.76. The predicted octanol–water partition coefficient (Wildman–Crippen LogP) is 5.24. The summed E-state index contributed by atoms with van der Waals surface area (Å²) < 4.78 is 13.6. The Bertz CT molecular complexity index is 972. The van der Waals surface area contributed by atoms with Gasteiger partial charge >= 0.3 is 0 Å². The van der Waals surface area contributed by atoms with E-state index in [2.05, 4.69) is 34.8 Å². The average molecular weight is 405 g/mol. The highest BCUT2D eigenvalue weighted by Crippen LogP contribution is 2.43. The fourth-order valence-electron chi connectivity index (χ4n) is 3.22. The Morgan fingerprint density at radius 2 is 2.07 bits per heavy atom. The van der Waals surface area contributed by atoms with Gasteiger partial charge in [0.1, 0.15) is 35.3 Å². The minimum absolute atomic E-state index is 0.426. The molecule has 1 aliphatic carbocycles. The van der Waals surface area contributed by atoms with Crippen LogP contribution in [-0.2, 0) is 11.5 Å². The number of rotatable bonds is 7. The van der Waals surface area contributed by atoms with Gasteiger partial charge in [0.2, 0.25) is 0 Å². The average Bonchev–Trinajstić information content (AvgIpc) is 3.26. The molecule has 1 fully saturated rings. The van der Waals surface area contributed by atoms with Crippen LogP contribution in [0.5, 0.6) is 0 Å². The normalized spacial score (nSPS) is 15.0. The van der Waals surface area contributed by atoms with Gasteiger partial charge in [-0.25, -0.2) is 9.97 Å². The molecule has 0 spiro atoms. The highest BCUT2D eigenvalue weighted by atomic mass is 35.5. The Kier molecular flexibility index (Phi) is 4.86. The predicted molar refractivity (Wildman–Crippen MR) is 109 cm³/mol. The molecule has 0 atom stereocenters. The number of halogens is 1. The van der Waals surface area contributed by atoms with Gasteiger partial charge in [-0.2, -0.15) is 0 Å². The third kappa shape index (κ3) is 3.81. The third-order valence-corrected chi connectivity index (χ3v) is 7.03. The zero-order valence-corrected chi connectivity index (χ0v) is 18.0. The van der Waals surface area contributed by atoms with Crippen LogP contribution in [0.3, 0.4) is 0 Å². The minimum Gasteiger partial charge on any atom is -0.361 e. The molecule has 4 rings (SSSR count). The van der Waals surface area contributed by atoms with Crippen LogP contribution < -0.4 is 0 Å². The Morgan fingerprint density at radius 3 is 2.78 bits per heavy atom. The first-order chi connectivity index (χ1) is 12.8. The van der Waals surface area contributed by atoms with E-state index in [-0.39, 0.29) is 0 Å². The largest absolute Gasteiger partial charge is 0.361 e. The second-order valence-electron chi connectivity index (χ2n) is 8.49. The molecule has 0 N–H and O–H groups in total. The van der Waals surface area contributed by atoms with Gasteiger partial charge in [-0.05, 0) is 25.8 Å². The molecule has 0 bridgehead atoms. The maximum Gasteiger partial charge on any atom is 0.147 e. The summed E-state index contributed by atoms with van der Waals surface area (Å²) in [5, 5.41) is 5.54. The van der Waals surface area contributed by atoms with E-state index in [1.807, 2.05) is 17.6 Å². The summed E-state index contributed by atoms with van der Waals surface area (Å²) in [6, 6.07) is 3.15. The number of ether oxygens (including phenoxy) is 1. The molecule has 3 aromatic heterocycles. The first-order valence-electron chi connectivity index (χ1n) is 9.39. The summed E-state index contributed by atoms with van der Waals surface area (Å²) in [5.74, 6) is 1.46. The lowest BCUT2D eigenvalue weighted by Gasteiger charge is -2.16. The molecule has 0 saturated heterocycles. The van der Waals surface area contributed by atoms with Crippen LogP contribution in [0.1, 0.15) is 30.2 Å². The van der Waals surface area contributed by atoms with E-state index in [4.69, 9.17) is 20.9 Å². The zero-order chi connectivity index (χ0) is 19.2. The molecule has 0 unspecified atom stereocenters. The zero-order valence-electron chi connectivity index (χ0n) is 16.3. The smallest absolute Gasteiger partial charge is 0.147 e. The van der Waals surface area contributed by atoms with E-state index in [9.17, 15) is 0 Å². The van der Waals surface area contributed by atoms with E-state index in [1.54, 1.807) is 0 Å². The van der Waals surface area contributed by atoms with Crippen LogP contribution in [0.25, 0.3) is 22.3 Å². The number of nitrogens with zero attached hydrogens (tertiary/aromatic N) is 4. The van der Waals surface area contributed by atoms with Crippen LogP contribution in [0.4, 0.5) is 0 Å². The number of hydrogen-bond acceptors (Lipinski definition) is 5. The fourth-order valence-corrected chi connectivity index (χ4v) is 4.20. The second kappa shape index (κ2) is 7.03.